The highest BCUT2D eigenvalue weighted by Crippen LogP contribution is 2.21. The van der Waals surface area contributed by atoms with Gasteiger partial charge in [-0.1, -0.05) is 30.3 Å². The Morgan fingerprint density at radius 2 is 1.63 bits per heavy atom. The fourth-order valence-corrected chi connectivity index (χ4v) is 1.95. The van der Waals surface area contributed by atoms with Crippen LogP contribution in [0.3, 0.4) is 0 Å². The van der Waals surface area contributed by atoms with Gasteiger partial charge in [-0.15, -0.1) is 0 Å². The SMILES string of the molecule is Cc1cccc2nc3ccccc3cc12.[O-][I+2]([O-])O. The number of hydrogen-bond acceptors (Lipinski definition) is 4. The maximum atomic E-state index is 8.68. The molecule has 0 saturated heterocycles. The average Bonchev–Trinajstić information content (AvgIpc) is 2.37. The van der Waals surface area contributed by atoms with Crippen molar-refractivity contribution in [3.8, 4) is 0 Å². The van der Waals surface area contributed by atoms with E-state index in [4.69, 9.17) is 10.3 Å². The molecule has 0 radical (unpaired) electrons. The van der Waals surface area contributed by atoms with E-state index in [0.29, 0.717) is 0 Å². The third-order valence-electron chi connectivity index (χ3n) is 2.78. The Balaban J connectivity index is 0.000000297. The van der Waals surface area contributed by atoms with Crippen molar-refractivity contribution in [2.75, 3.05) is 0 Å². The maximum Gasteiger partial charge on any atom is 0.503 e. The molecule has 1 heterocycles. The van der Waals surface area contributed by atoms with Gasteiger partial charge in [0.1, 0.15) is 0 Å². The topological polar surface area (TPSA) is 79.2 Å². The summed E-state index contributed by atoms with van der Waals surface area (Å²) in [5.41, 5.74) is 3.43. The minimum atomic E-state index is -3.76. The van der Waals surface area contributed by atoms with Crippen LogP contribution in [0, 0.1) is 6.92 Å². The Bertz CT molecular complexity index is 698. The first-order valence-corrected chi connectivity index (χ1v) is 8.30. The fourth-order valence-electron chi connectivity index (χ4n) is 1.95. The lowest BCUT2D eigenvalue weighted by Crippen LogP contribution is -3.98. The largest absolute Gasteiger partial charge is 0.503 e. The number of nitrogens with zero attached hydrogens (tertiary/aromatic N) is 1. The zero-order chi connectivity index (χ0) is 13.8. The minimum absolute atomic E-state index is 1.07. The molecular weight excluding hydrogens is 357 g/mol. The summed E-state index contributed by atoms with van der Waals surface area (Å²) in [4.78, 5) is 4.64. The van der Waals surface area contributed by atoms with Crippen LogP contribution >= 0.6 is 0 Å². The lowest BCUT2D eigenvalue weighted by atomic mass is 10.1. The van der Waals surface area contributed by atoms with Crippen molar-refractivity contribution in [1.82, 2.24) is 4.98 Å². The van der Waals surface area contributed by atoms with E-state index in [-0.39, 0.29) is 0 Å². The van der Waals surface area contributed by atoms with Crippen LogP contribution in [0.4, 0.5) is 0 Å². The normalized spacial score (nSPS) is 10.6. The summed E-state index contributed by atoms with van der Waals surface area (Å²) in [7, 11) is 0. The third kappa shape index (κ3) is 3.60. The van der Waals surface area contributed by atoms with Crippen molar-refractivity contribution in [2.24, 2.45) is 0 Å². The molecule has 2 aromatic carbocycles. The van der Waals surface area contributed by atoms with Gasteiger partial charge in [0.25, 0.3) is 0 Å². The zero-order valence-corrected chi connectivity index (χ0v) is 12.4. The summed E-state index contributed by atoms with van der Waals surface area (Å²) in [5.74, 6) is 0. The quantitative estimate of drug-likeness (QED) is 0.359. The second-order valence-electron chi connectivity index (χ2n) is 4.02. The summed E-state index contributed by atoms with van der Waals surface area (Å²) in [6, 6.07) is 16.7. The third-order valence-corrected chi connectivity index (χ3v) is 2.78. The highest BCUT2D eigenvalue weighted by molar-refractivity contribution is 5.94. The van der Waals surface area contributed by atoms with Gasteiger partial charge in [-0.25, -0.2) is 4.98 Å². The zero-order valence-electron chi connectivity index (χ0n) is 10.2. The second kappa shape index (κ2) is 6.25. The van der Waals surface area contributed by atoms with E-state index >= 15 is 0 Å². The molecule has 0 amide bonds. The van der Waals surface area contributed by atoms with Gasteiger partial charge in [0.2, 0.25) is 0 Å². The Labute approximate surface area is 119 Å². The van der Waals surface area contributed by atoms with Crippen molar-refractivity contribution < 1.29 is 31.4 Å². The summed E-state index contributed by atoms with van der Waals surface area (Å²) in [6.45, 7) is 2.12. The monoisotopic (exact) mass is 369 g/mol. The predicted molar refractivity (Wildman–Crippen MR) is 66.2 cm³/mol. The molecule has 0 atom stereocenters. The molecule has 1 N–H and O–H groups in total. The van der Waals surface area contributed by atoms with Crippen LogP contribution in [0.1, 0.15) is 5.56 Å². The number of para-hydroxylation sites is 1. The molecule has 19 heavy (non-hydrogen) atoms. The molecule has 5 heteroatoms. The first-order valence-electron chi connectivity index (χ1n) is 5.57. The molecule has 0 aliphatic carbocycles. The van der Waals surface area contributed by atoms with E-state index in [1.165, 1.54) is 16.3 Å². The standard InChI is InChI=1S/C14H11N.HIO3/c1-10-5-4-8-14-12(10)9-11-6-2-3-7-13(11)15-14;2-1(3)4/h2-9H,1H3;2H. The van der Waals surface area contributed by atoms with E-state index < -0.39 is 21.1 Å². The van der Waals surface area contributed by atoms with Gasteiger partial charge < -0.3 is 6.87 Å². The average molecular weight is 369 g/mol. The van der Waals surface area contributed by atoms with Crippen molar-refractivity contribution >= 4 is 21.8 Å². The molecule has 0 aliphatic rings. The van der Waals surface area contributed by atoms with E-state index in [1.54, 1.807) is 0 Å². The van der Waals surface area contributed by atoms with Crippen molar-refractivity contribution in [1.29, 1.82) is 0 Å². The highest BCUT2D eigenvalue weighted by Gasteiger charge is 2.00. The van der Waals surface area contributed by atoms with Crippen molar-refractivity contribution in [3.63, 3.8) is 0 Å². The van der Waals surface area contributed by atoms with Gasteiger partial charge in [-0.05, 0) is 34.1 Å². The Hall–Kier alpha value is -1.28. The Morgan fingerprint density at radius 3 is 2.37 bits per heavy atom. The number of pyridine rings is 1. The molecule has 3 aromatic rings. The molecule has 1 aromatic heterocycles. The predicted octanol–water partition coefficient (Wildman–Crippen LogP) is -2.23. The Morgan fingerprint density at radius 1 is 1.00 bits per heavy atom. The van der Waals surface area contributed by atoms with Gasteiger partial charge in [0.15, 0.2) is 0 Å². The van der Waals surface area contributed by atoms with Crippen LogP contribution in [0.2, 0.25) is 0 Å². The molecule has 0 spiro atoms. The molecule has 0 fully saturated rings. The van der Waals surface area contributed by atoms with E-state index in [0.717, 1.165) is 11.0 Å². The Kier molecular flexibility index (Phi) is 4.65. The maximum absolute atomic E-state index is 8.68. The number of aryl methyl sites for hydroxylation is 1. The minimum Gasteiger partial charge on any atom is -0.396 e. The number of halogens is 1. The molecule has 98 valence electrons. The molecule has 0 saturated carbocycles. The lowest BCUT2D eigenvalue weighted by molar-refractivity contribution is -1.63. The van der Waals surface area contributed by atoms with Crippen LogP contribution in [0.25, 0.3) is 21.8 Å². The van der Waals surface area contributed by atoms with Crippen LogP contribution < -0.4 is 27.9 Å². The number of aromatic nitrogens is 1. The molecule has 0 bridgehead atoms. The molecular formula is C14H12INO3. The van der Waals surface area contributed by atoms with E-state index in [9.17, 15) is 0 Å². The van der Waals surface area contributed by atoms with Crippen LogP contribution in [0.15, 0.2) is 48.5 Å². The summed E-state index contributed by atoms with van der Waals surface area (Å²) < 4.78 is 24.5. The number of hydrogen-bond donors (Lipinski definition) is 1. The number of benzene rings is 2. The molecule has 0 aliphatic heterocycles. The van der Waals surface area contributed by atoms with E-state index in [1.807, 2.05) is 12.1 Å². The highest BCUT2D eigenvalue weighted by atomic mass is 127. The molecule has 4 nitrogen and oxygen atoms in total. The fraction of sp³-hybridized carbons (Fsp3) is 0.0714. The van der Waals surface area contributed by atoms with E-state index in [2.05, 4.69) is 48.3 Å². The van der Waals surface area contributed by atoms with Crippen LogP contribution in [-0.2, 0) is 0 Å². The summed E-state index contributed by atoms with van der Waals surface area (Å²) in [6.07, 6.45) is 0. The first kappa shape index (κ1) is 14.1. The smallest absolute Gasteiger partial charge is 0.396 e. The molecule has 3 rings (SSSR count). The summed E-state index contributed by atoms with van der Waals surface area (Å²) >= 11 is -3.76. The number of fused-ring (bicyclic) bond motifs is 2. The van der Waals surface area contributed by atoms with Gasteiger partial charge >= 0.3 is 21.1 Å². The van der Waals surface area contributed by atoms with Crippen LogP contribution in [0.5, 0.6) is 0 Å². The lowest BCUT2D eigenvalue weighted by Gasteiger charge is -2.03. The van der Waals surface area contributed by atoms with Gasteiger partial charge in [0.05, 0.1) is 11.0 Å². The van der Waals surface area contributed by atoms with Crippen molar-refractivity contribution in [2.45, 2.75) is 6.92 Å². The summed E-state index contributed by atoms with van der Waals surface area (Å²) in [5, 5.41) is 2.45. The van der Waals surface area contributed by atoms with Crippen LogP contribution in [-0.4, -0.2) is 8.42 Å². The van der Waals surface area contributed by atoms with Gasteiger partial charge in [-0.2, -0.15) is 0 Å². The number of rotatable bonds is 0. The first-order chi connectivity index (χ1) is 9.08. The molecule has 0 unspecified atom stereocenters. The second-order valence-corrected chi connectivity index (χ2v) is 5.17. The van der Waals surface area contributed by atoms with Crippen molar-refractivity contribution in [3.05, 3.63) is 54.1 Å². The van der Waals surface area contributed by atoms with Gasteiger partial charge in [0, 0.05) is 10.8 Å². The van der Waals surface area contributed by atoms with Gasteiger partial charge in [-0.3, -0.25) is 0 Å².